The first-order valence-corrected chi connectivity index (χ1v) is 12.2. The van der Waals surface area contributed by atoms with Crippen LogP contribution in [0.3, 0.4) is 0 Å². The Hall–Kier alpha value is -2.49. The summed E-state index contributed by atoms with van der Waals surface area (Å²) in [6.45, 7) is 1.24. The number of fused-ring (bicyclic) bond motifs is 1. The molecule has 1 saturated heterocycles. The number of aromatic nitrogens is 1. The van der Waals surface area contributed by atoms with Crippen LogP contribution in [0.2, 0.25) is 0 Å². The quantitative estimate of drug-likeness (QED) is 0.568. The molecular formula is C22H23N3O4S2. The van der Waals surface area contributed by atoms with Gasteiger partial charge in [0, 0.05) is 24.1 Å². The van der Waals surface area contributed by atoms with Gasteiger partial charge in [-0.2, -0.15) is 0 Å². The number of nitrogens with one attached hydrogen (secondary N) is 2. The van der Waals surface area contributed by atoms with Crippen molar-refractivity contribution < 1.29 is 18.8 Å². The third-order valence-corrected chi connectivity index (χ3v) is 7.74. The molecule has 3 aromatic heterocycles. The highest BCUT2D eigenvalue weighted by atomic mass is 32.1. The van der Waals surface area contributed by atoms with Gasteiger partial charge in [0.2, 0.25) is 0 Å². The van der Waals surface area contributed by atoms with Gasteiger partial charge < -0.3 is 19.9 Å². The first kappa shape index (κ1) is 20.4. The second-order valence-electron chi connectivity index (χ2n) is 7.77. The molecule has 1 fully saturated rings. The summed E-state index contributed by atoms with van der Waals surface area (Å²) < 4.78 is 11.0. The Balaban J connectivity index is 1.36. The SMILES string of the molecule is O=C(Nc1sc2c(c1C(=O)NCC1CCCO1)CCCC2)c1cc(-c2cccs2)on1. The van der Waals surface area contributed by atoms with Crippen LogP contribution in [0.5, 0.6) is 0 Å². The normalized spacial score (nSPS) is 18.0. The van der Waals surface area contributed by atoms with E-state index in [-0.39, 0.29) is 23.6 Å². The second-order valence-corrected chi connectivity index (χ2v) is 9.82. The maximum atomic E-state index is 13.1. The van der Waals surface area contributed by atoms with Gasteiger partial charge in [-0.05, 0) is 55.5 Å². The number of carbonyl (C=O) groups is 2. The summed E-state index contributed by atoms with van der Waals surface area (Å²) in [7, 11) is 0. The molecule has 0 aromatic carbocycles. The van der Waals surface area contributed by atoms with Crippen molar-refractivity contribution >= 4 is 39.5 Å². The van der Waals surface area contributed by atoms with Crippen LogP contribution in [0.25, 0.3) is 10.6 Å². The third kappa shape index (κ3) is 4.30. The molecule has 4 heterocycles. The van der Waals surface area contributed by atoms with E-state index in [1.54, 1.807) is 6.07 Å². The summed E-state index contributed by atoms with van der Waals surface area (Å²) in [5.41, 5.74) is 1.85. The molecule has 0 bridgehead atoms. The van der Waals surface area contributed by atoms with Crippen molar-refractivity contribution in [2.24, 2.45) is 0 Å². The molecule has 2 N–H and O–H groups in total. The Labute approximate surface area is 187 Å². The van der Waals surface area contributed by atoms with Crippen molar-refractivity contribution in [1.29, 1.82) is 0 Å². The fourth-order valence-corrected chi connectivity index (χ4v) is 6.03. The van der Waals surface area contributed by atoms with Crippen LogP contribution in [-0.4, -0.2) is 36.2 Å². The summed E-state index contributed by atoms with van der Waals surface area (Å²) in [5.74, 6) is 0.0307. The van der Waals surface area contributed by atoms with Crippen LogP contribution in [0.1, 0.15) is 57.0 Å². The van der Waals surface area contributed by atoms with Crippen LogP contribution in [0.15, 0.2) is 28.1 Å². The van der Waals surface area contributed by atoms with Crippen LogP contribution < -0.4 is 10.6 Å². The lowest BCUT2D eigenvalue weighted by molar-refractivity contribution is 0.0858. The van der Waals surface area contributed by atoms with Crippen LogP contribution >= 0.6 is 22.7 Å². The van der Waals surface area contributed by atoms with E-state index < -0.39 is 0 Å². The number of rotatable bonds is 6. The van der Waals surface area contributed by atoms with Crippen molar-refractivity contribution in [3.05, 3.63) is 45.3 Å². The zero-order valence-electron chi connectivity index (χ0n) is 16.9. The lowest BCUT2D eigenvalue weighted by Gasteiger charge is -2.15. The highest BCUT2D eigenvalue weighted by Crippen LogP contribution is 2.38. The van der Waals surface area contributed by atoms with E-state index in [0.29, 0.717) is 22.9 Å². The van der Waals surface area contributed by atoms with E-state index >= 15 is 0 Å². The molecule has 9 heteroatoms. The Morgan fingerprint density at radius 3 is 2.90 bits per heavy atom. The summed E-state index contributed by atoms with van der Waals surface area (Å²) in [5, 5.41) is 12.4. The molecule has 1 unspecified atom stereocenters. The maximum absolute atomic E-state index is 13.1. The predicted octanol–water partition coefficient (Wildman–Crippen LogP) is 4.50. The monoisotopic (exact) mass is 457 g/mol. The van der Waals surface area contributed by atoms with Gasteiger partial charge in [-0.1, -0.05) is 11.2 Å². The summed E-state index contributed by atoms with van der Waals surface area (Å²) in [6.07, 6.45) is 6.01. The number of amides is 2. The van der Waals surface area contributed by atoms with Crippen LogP contribution in [0, 0.1) is 0 Å². The van der Waals surface area contributed by atoms with Gasteiger partial charge in [0.25, 0.3) is 11.8 Å². The fraction of sp³-hybridized carbons (Fsp3) is 0.409. The molecule has 2 aliphatic rings. The number of ether oxygens (including phenoxy) is 1. The van der Waals surface area contributed by atoms with Crippen molar-refractivity contribution in [3.63, 3.8) is 0 Å². The minimum Gasteiger partial charge on any atom is -0.376 e. The van der Waals surface area contributed by atoms with Gasteiger partial charge in [0.05, 0.1) is 16.5 Å². The average molecular weight is 458 g/mol. The smallest absolute Gasteiger partial charge is 0.278 e. The minimum absolute atomic E-state index is 0.0715. The van der Waals surface area contributed by atoms with Gasteiger partial charge in [0.1, 0.15) is 5.00 Å². The zero-order chi connectivity index (χ0) is 21.2. The van der Waals surface area contributed by atoms with E-state index in [1.807, 2.05) is 17.5 Å². The highest BCUT2D eigenvalue weighted by molar-refractivity contribution is 7.17. The molecule has 1 aliphatic carbocycles. The second kappa shape index (κ2) is 8.94. The summed E-state index contributed by atoms with van der Waals surface area (Å²) in [4.78, 5) is 28.1. The maximum Gasteiger partial charge on any atom is 0.278 e. The van der Waals surface area contributed by atoms with Crippen molar-refractivity contribution in [2.45, 2.75) is 44.6 Å². The van der Waals surface area contributed by atoms with E-state index in [4.69, 9.17) is 9.26 Å². The van der Waals surface area contributed by atoms with Gasteiger partial charge in [-0.3, -0.25) is 9.59 Å². The Kier molecular flexibility index (Phi) is 5.89. The third-order valence-electron chi connectivity index (χ3n) is 5.65. The lowest BCUT2D eigenvalue weighted by atomic mass is 9.95. The number of carbonyl (C=O) groups excluding carboxylic acids is 2. The fourth-order valence-electron chi connectivity index (χ4n) is 4.08. The molecule has 1 aliphatic heterocycles. The molecular weight excluding hydrogens is 434 g/mol. The van der Waals surface area contributed by atoms with E-state index in [9.17, 15) is 9.59 Å². The molecule has 1 atom stereocenters. The summed E-state index contributed by atoms with van der Waals surface area (Å²) >= 11 is 3.01. The first-order chi connectivity index (χ1) is 15.2. The number of hydrogen-bond donors (Lipinski definition) is 2. The molecule has 162 valence electrons. The van der Waals surface area contributed by atoms with Crippen molar-refractivity contribution in [1.82, 2.24) is 10.5 Å². The topological polar surface area (TPSA) is 93.5 Å². The first-order valence-electron chi connectivity index (χ1n) is 10.6. The molecule has 2 amide bonds. The van der Waals surface area contributed by atoms with Crippen LogP contribution in [0.4, 0.5) is 5.00 Å². The van der Waals surface area contributed by atoms with Crippen LogP contribution in [-0.2, 0) is 17.6 Å². The average Bonchev–Trinajstić information content (AvgIpc) is 3.57. The molecule has 0 saturated carbocycles. The predicted molar refractivity (Wildman–Crippen MR) is 120 cm³/mol. The van der Waals surface area contributed by atoms with Gasteiger partial charge in [0.15, 0.2) is 11.5 Å². The van der Waals surface area contributed by atoms with Gasteiger partial charge >= 0.3 is 0 Å². The Bertz CT molecular complexity index is 1080. The lowest BCUT2D eigenvalue weighted by Crippen LogP contribution is -2.32. The molecule has 3 aromatic rings. The highest BCUT2D eigenvalue weighted by Gasteiger charge is 2.28. The molecule has 31 heavy (non-hydrogen) atoms. The van der Waals surface area contributed by atoms with E-state index in [0.717, 1.165) is 55.6 Å². The number of anilines is 1. The largest absolute Gasteiger partial charge is 0.376 e. The Morgan fingerprint density at radius 2 is 2.10 bits per heavy atom. The molecule has 0 spiro atoms. The standard InChI is InChI=1S/C22H23N3O4S2/c26-20(15-11-16(29-25-15)18-8-4-10-30-18)24-22-19(14-6-1-2-7-17(14)31-22)21(27)23-12-13-5-3-9-28-13/h4,8,10-11,13H,1-3,5-7,9,12H2,(H,23,27)(H,24,26). The zero-order valence-corrected chi connectivity index (χ0v) is 18.6. The number of nitrogens with zero attached hydrogens (tertiary/aromatic N) is 1. The van der Waals surface area contributed by atoms with Crippen molar-refractivity contribution in [2.75, 3.05) is 18.5 Å². The minimum atomic E-state index is -0.377. The van der Waals surface area contributed by atoms with Gasteiger partial charge in [-0.15, -0.1) is 22.7 Å². The molecule has 0 radical (unpaired) electrons. The van der Waals surface area contributed by atoms with Gasteiger partial charge in [-0.25, -0.2) is 0 Å². The number of hydrogen-bond acceptors (Lipinski definition) is 7. The molecule has 5 rings (SSSR count). The van der Waals surface area contributed by atoms with E-state index in [2.05, 4.69) is 15.8 Å². The Morgan fingerprint density at radius 1 is 1.19 bits per heavy atom. The van der Waals surface area contributed by atoms with E-state index in [1.165, 1.54) is 27.6 Å². The number of thiophene rings is 2. The van der Waals surface area contributed by atoms with Crippen molar-refractivity contribution in [3.8, 4) is 10.6 Å². The molecule has 7 nitrogen and oxygen atoms in total. The number of aryl methyl sites for hydroxylation is 1. The summed E-state index contributed by atoms with van der Waals surface area (Å²) in [6, 6.07) is 5.46.